The lowest BCUT2D eigenvalue weighted by Gasteiger charge is -2.41. The van der Waals surface area contributed by atoms with Crippen LogP contribution in [0.3, 0.4) is 0 Å². The molecule has 2 aliphatic heterocycles. The van der Waals surface area contributed by atoms with Crippen molar-refractivity contribution in [2.24, 2.45) is 33.9 Å². The van der Waals surface area contributed by atoms with Crippen molar-refractivity contribution in [1.82, 2.24) is 0 Å². The normalized spacial score (nSPS) is 53.2. The largest absolute Gasteiger partial charge is 0.467 e. The number of methoxy groups -OCH3 is 2. The van der Waals surface area contributed by atoms with Crippen molar-refractivity contribution in [3.8, 4) is 0 Å². The van der Waals surface area contributed by atoms with Crippen LogP contribution in [0.25, 0.3) is 0 Å². The van der Waals surface area contributed by atoms with Crippen LogP contribution in [0.2, 0.25) is 0 Å². The van der Waals surface area contributed by atoms with Gasteiger partial charge in [0.25, 0.3) is 0 Å². The highest BCUT2D eigenvalue weighted by Crippen LogP contribution is 2.76. The van der Waals surface area contributed by atoms with Gasteiger partial charge in [-0.3, -0.25) is 0 Å². The van der Waals surface area contributed by atoms with Gasteiger partial charge in [-0.2, -0.15) is 10.2 Å². The van der Waals surface area contributed by atoms with Crippen molar-refractivity contribution in [2.45, 2.75) is 23.9 Å². The maximum atomic E-state index is 12.1. The fourth-order valence-electron chi connectivity index (χ4n) is 4.36. The summed E-state index contributed by atoms with van der Waals surface area (Å²) in [4.78, 5) is 24.1. The Bertz CT molecular complexity index is 440. The molecule has 2 bridgehead atoms. The quantitative estimate of drug-likeness (QED) is 0.671. The van der Waals surface area contributed by atoms with E-state index in [0.29, 0.717) is 0 Å². The number of azo groups is 1. The van der Waals surface area contributed by atoms with Crippen molar-refractivity contribution < 1.29 is 19.1 Å². The Morgan fingerprint density at radius 3 is 1.50 bits per heavy atom. The second kappa shape index (κ2) is 2.75. The van der Waals surface area contributed by atoms with E-state index in [1.807, 2.05) is 0 Å². The van der Waals surface area contributed by atoms with E-state index in [0.717, 1.165) is 12.8 Å². The minimum atomic E-state index is -0.792. The lowest BCUT2D eigenvalue weighted by molar-refractivity contribution is -0.159. The standard InChI is InChI=1S/C12H14N2O4/c1-17-9(15)11-5-3-7(5)12(14-13-11,10(16)18-2)8-4-6(8)11/h5-8H,3-4H2,1-2H3. The van der Waals surface area contributed by atoms with Gasteiger partial charge in [-0.15, -0.1) is 0 Å². The molecular formula is C12H14N2O4. The Balaban J connectivity index is 1.84. The van der Waals surface area contributed by atoms with Crippen molar-refractivity contribution in [2.75, 3.05) is 14.2 Å². The summed E-state index contributed by atoms with van der Waals surface area (Å²) in [5, 5.41) is 8.47. The van der Waals surface area contributed by atoms with Gasteiger partial charge in [-0.1, -0.05) is 0 Å². The van der Waals surface area contributed by atoms with Gasteiger partial charge in [-0.05, 0) is 12.8 Å². The highest BCUT2D eigenvalue weighted by molar-refractivity contribution is 5.90. The summed E-state index contributed by atoms with van der Waals surface area (Å²) in [5.74, 6) is -0.111. The number of hydrogen-bond donors (Lipinski definition) is 0. The molecule has 3 aliphatic carbocycles. The third-order valence-electron chi connectivity index (χ3n) is 5.25. The molecule has 3 saturated carbocycles. The number of carbonyl (C=O) groups excluding carboxylic acids is 2. The zero-order valence-corrected chi connectivity index (χ0v) is 10.3. The van der Waals surface area contributed by atoms with Crippen LogP contribution in [0, 0.1) is 23.7 Å². The predicted molar refractivity (Wildman–Crippen MR) is 57.5 cm³/mol. The molecule has 0 saturated heterocycles. The molecule has 6 nitrogen and oxygen atoms in total. The fraction of sp³-hybridized carbons (Fsp3) is 0.833. The molecule has 0 aromatic heterocycles. The maximum absolute atomic E-state index is 12.1. The van der Waals surface area contributed by atoms with E-state index in [2.05, 4.69) is 10.2 Å². The van der Waals surface area contributed by atoms with E-state index < -0.39 is 11.1 Å². The average Bonchev–Trinajstić information content (AvgIpc) is 3.27. The lowest BCUT2D eigenvalue weighted by Crippen LogP contribution is -2.58. The van der Waals surface area contributed by atoms with Gasteiger partial charge in [0.15, 0.2) is 11.1 Å². The lowest BCUT2D eigenvalue weighted by atomic mass is 9.71. The zero-order chi connectivity index (χ0) is 12.7. The van der Waals surface area contributed by atoms with Crippen LogP contribution in [-0.2, 0) is 19.1 Å². The van der Waals surface area contributed by atoms with E-state index in [9.17, 15) is 9.59 Å². The molecule has 0 aromatic carbocycles. The SMILES string of the molecule is COC(=O)C12N=NC(C(=O)OC)(C3CC31)C1CC12. The van der Waals surface area contributed by atoms with Crippen molar-refractivity contribution >= 4 is 11.9 Å². The molecule has 4 unspecified atom stereocenters. The fourth-order valence-corrected chi connectivity index (χ4v) is 4.36. The minimum Gasteiger partial charge on any atom is -0.467 e. The zero-order valence-electron chi connectivity index (χ0n) is 10.3. The smallest absolute Gasteiger partial charge is 0.336 e. The van der Waals surface area contributed by atoms with E-state index in [1.54, 1.807) is 0 Å². The number of ether oxygens (including phenoxy) is 2. The second-order valence-electron chi connectivity index (χ2n) is 5.73. The second-order valence-corrected chi connectivity index (χ2v) is 5.73. The molecule has 96 valence electrons. The molecule has 0 radical (unpaired) electrons. The Kier molecular flexibility index (Phi) is 1.60. The highest BCUT2D eigenvalue weighted by Gasteiger charge is 2.86. The third kappa shape index (κ3) is 0.805. The van der Waals surface area contributed by atoms with Gasteiger partial charge in [-0.25, -0.2) is 9.59 Å². The monoisotopic (exact) mass is 250 g/mol. The molecule has 0 aromatic rings. The van der Waals surface area contributed by atoms with Gasteiger partial charge in [0.2, 0.25) is 0 Å². The minimum absolute atomic E-state index is 0.116. The van der Waals surface area contributed by atoms with E-state index in [-0.39, 0.29) is 35.6 Å². The molecule has 5 rings (SSSR count). The molecular weight excluding hydrogens is 236 g/mol. The Labute approximate surface area is 104 Å². The summed E-state index contributed by atoms with van der Waals surface area (Å²) < 4.78 is 9.83. The van der Waals surface area contributed by atoms with E-state index >= 15 is 0 Å². The van der Waals surface area contributed by atoms with Crippen molar-refractivity contribution in [3.05, 3.63) is 0 Å². The van der Waals surface area contributed by atoms with Crippen LogP contribution in [0.1, 0.15) is 12.8 Å². The van der Waals surface area contributed by atoms with Crippen molar-refractivity contribution in [1.29, 1.82) is 0 Å². The van der Waals surface area contributed by atoms with Crippen LogP contribution in [0.15, 0.2) is 10.2 Å². The average molecular weight is 250 g/mol. The first-order valence-electron chi connectivity index (χ1n) is 6.23. The summed E-state index contributed by atoms with van der Waals surface area (Å²) in [7, 11) is 2.77. The Morgan fingerprint density at radius 1 is 0.889 bits per heavy atom. The molecule has 3 fully saturated rings. The molecule has 0 N–H and O–H groups in total. The van der Waals surface area contributed by atoms with E-state index in [1.165, 1.54) is 14.2 Å². The van der Waals surface area contributed by atoms with Gasteiger partial charge in [0, 0.05) is 23.7 Å². The van der Waals surface area contributed by atoms with Gasteiger partial charge < -0.3 is 9.47 Å². The van der Waals surface area contributed by atoms with Crippen LogP contribution in [0.4, 0.5) is 0 Å². The molecule has 0 spiro atoms. The van der Waals surface area contributed by atoms with Gasteiger partial charge >= 0.3 is 11.9 Å². The summed E-state index contributed by atoms with van der Waals surface area (Å²) in [6.45, 7) is 0. The van der Waals surface area contributed by atoms with Crippen molar-refractivity contribution in [3.63, 3.8) is 0 Å². The molecule has 6 heteroatoms. The summed E-state index contributed by atoms with van der Waals surface area (Å²) >= 11 is 0. The first kappa shape index (κ1) is 10.5. The van der Waals surface area contributed by atoms with Gasteiger partial charge in [0.05, 0.1) is 14.2 Å². The topological polar surface area (TPSA) is 77.3 Å². The Hall–Kier alpha value is -1.46. The third-order valence-corrected chi connectivity index (χ3v) is 5.25. The Morgan fingerprint density at radius 2 is 1.22 bits per heavy atom. The number of carbonyl (C=O) groups is 2. The molecule has 4 atom stereocenters. The maximum Gasteiger partial charge on any atom is 0.336 e. The molecule has 0 amide bonds. The number of esters is 2. The summed E-state index contributed by atoms with van der Waals surface area (Å²) in [6.07, 6.45) is 1.65. The first-order valence-corrected chi connectivity index (χ1v) is 6.23. The summed E-state index contributed by atoms with van der Waals surface area (Å²) in [6, 6.07) is 0. The number of nitrogens with zero attached hydrogens (tertiary/aromatic N) is 2. The molecule has 18 heavy (non-hydrogen) atoms. The van der Waals surface area contributed by atoms with Crippen LogP contribution < -0.4 is 0 Å². The number of rotatable bonds is 2. The highest BCUT2D eigenvalue weighted by atomic mass is 16.5. The molecule has 2 heterocycles. The van der Waals surface area contributed by atoms with Gasteiger partial charge in [0.1, 0.15) is 0 Å². The van der Waals surface area contributed by atoms with Crippen LogP contribution in [-0.4, -0.2) is 37.2 Å². The predicted octanol–water partition coefficient (Wildman–Crippen LogP) is 0.562. The molecule has 5 aliphatic rings. The van der Waals surface area contributed by atoms with Crippen LogP contribution in [0.5, 0.6) is 0 Å². The summed E-state index contributed by atoms with van der Waals surface area (Å²) in [5.41, 5.74) is -1.58. The van der Waals surface area contributed by atoms with E-state index in [4.69, 9.17) is 9.47 Å². The first-order chi connectivity index (χ1) is 8.62. The number of hydrogen-bond acceptors (Lipinski definition) is 6. The van der Waals surface area contributed by atoms with Crippen LogP contribution >= 0.6 is 0 Å².